The molecule has 0 aliphatic carbocycles. The first-order valence-corrected chi connectivity index (χ1v) is 14.2. The molecular formula is C31H21Cl2N9O3. The van der Waals surface area contributed by atoms with Crippen LogP contribution < -0.4 is 10.9 Å². The van der Waals surface area contributed by atoms with Crippen LogP contribution in [0.15, 0.2) is 83.9 Å². The molecule has 0 aliphatic heterocycles. The second kappa shape index (κ2) is 12.5. The lowest BCUT2D eigenvalue weighted by atomic mass is 10.0. The summed E-state index contributed by atoms with van der Waals surface area (Å²) in [5.74, 6) is -0.500. The highest BCUT2D eigenvalue weighted by Crippen LogP contribution is 2.35. The molecular weight excluding hydrogens is 617 g/mol. The fourth-order valence-corrected chi connectivity index (χ4v) is 5.33. The zero-order valence-electron chi connectivity index (χ0n) is 23.1. The third-order valence-electron chi connectivity index (χ3n) is 7.00. The fraction of sp³-hybridized carbons (Fsp3) is 0.0645. The summed E-state index contributed by atoms with van der Waals surface area (Å²) in [6.45, 7) is 0. The van der Waals surface area contributed by atoms with E-state index in [9.17, 15) is 20.0 Å². The van der Waals surface area contributed by atoms with Crippen LogP contribution in [0.25, 0.3) is 33.9 Å². The standard InChI is InChI=1S/C31H21Cl2N9O3/c32-19-10-11-24(42-16-35-40-41-42)18(14-19)9-12-25(43)36-23(13-17-5-2-1-3-6-17)30-37-27(29(33)39-30)20-7-4-8-21-26(20)38-31(45)22(15-34)28(21)44/h1-12,14,16,23H,13H2,(H,36,43)(H,37,39)(H2,38,44,45)/b12-9+. The number of halogens is 2. The van der Waals surface area contributed by atoms with Gasteiger partial charge in [0.05, 0.1) is 17.2 Å². The molecule has 4 N–H and O–H groups in total. The Balaban J connectivity index is 1.35. The number of hydrogen-bond donors (Lipinski definition) is 4. The molecule has 1 amide bonds. The van der Waals surface area contributed by atoms with E-state index < -0.39 is 28.8 Å². The first-order valence-electron chi connectivity index (χ1n) is 13.4. The lowest BCUT2D eigenvalue weighted by molar-refractivity contribution is -0.117. The van der Waals surface area contributed by atoms with Crippen LogP contribution in [-0.4, -0.2) is 46.2 Å². The summed E-state index contributed by atoms with van der Waals surface area (Å²) in [6, 6.07) is 20.6. The summed E-state index contributed by atoms with van der Waals surface area (Å²) >= 11 is 12.9. The van der Waals surface area contributed by atoms with Crippen LogP contribution in [0.2, 0.25) is 10.2 Å². The number of tetrazole rings is 1. The number of nitrogens with zero attached hydrogens (tertiary/aromatic N) is 6. The van der Waals surface area contributed by atoms with Crippen LogP contribution in [0, 0.1) is 11.3 Å². The molecule has 3 heterocycles. The van der Waals surface area contributed by atoms with Crippen LogP contribution >= 0.6 is 23.2 Å². The maximum atomic E-state index is 13.3. The van der Waals surface area contributed by atoms with Gasteiger partial charge in [-0.3, -0.25) is 9.59 Å². The molecule has 1 atom stereocenters. The molecule has 0 aliphatic rings. The number of benzene rings is 3. The Hall–Kier alpha value is -5.77. The number of para-hydroxylation sites is 1. The fourth-order valence-electron chi connectivity index (χ4n) is 4.91. The predicted octanol–water partition coefficient (Wildman–Crippen LogP) is 4.89. The zero-order chi connectivity index (χ0) is 31.5. The number of nitriles is 1. The molecule has 6 aromatic rings. The number of pyridine rings is 1. The van der Waals surface area contributed by atoms with Gasteiger partial charge in [0.1, 0.15) is 34.8 Å². The van der Waals surface area contributed by atoms with Crippen molar-refractivity contribution in [3.05, 3.63) is 122 Å². The molecule has 0 spiro atoms. The highest BCUT2D eigenvalue weighted by Gasteiger charge is 2.23. The molecule has 0 saturated carbocycles. The van der Waals surface area contributed by atoms with Crippen LogP contribution in [0.4, 0.5) is 0 Å². The molecule has 6 rings (SSSR count). The van der Waals surface area contributed by atoms with Gasteiger partial charge in [-0.2, -0.15) is 9.94 Å². The third-order valence-corrected chi connectivity index (χ3v) is 7.50. The Morgan fingerprint density at radius 1 is 1.11 bits per heavy atom. The molecule has 3 aromatic heterocycles. The van der Waals surface area contributed by atoms with Crippen LogP contribution in [-0.2, 0) is 11.2 Å². The first kappa shape index (κ1) is 29.3. The highest BCUT2D eigenvalue weighted by atomic mass is 35.5. The number of carbonyl (C=O) groups is 1. The predicted molar refractivity (Wildman–Crippen MR) is 168 cm³/mol. The monoisotopic (exact) mass is 637 g/mol. The van der Waals surface area contributed by atoms with E-state index >= 15 is 0 Å². The largest absolute Gasteiger partial charge is 0.506 e. The van der Waals surface area contributed by atoms with Crippen molar-refractivity contribution in [3.8, 4) is 28.8 Å². The third kappa shape index (κ3) is 6.03. The number of imidazole rings is 1. The molecule has 0 radical (unpaired) electrons. The van der Waals surface area contributed by atoms with Gasteiger partial charge in [-0.25, -0.2) is 4.98 Å². The number of rotatable bonds is 8. The SMILES string of the molecule is N#Cc1c(O)c2cccc(-c3nc(C(Cc4ccccc4)NC(=O)/C=C/c4cc(Cl)ccc4-n4cnnn4)[nH]c3Cl)c2[nH]c1=O. The Bertz CT molecular complexity index is 2170. The first-order chi connectivity index (χ1) is 21.8. The van der Waals surface area contributed by atoms with Gasteiger partial charge in [-0.05, 0) is 52.8 Å². The molecule has 12 nitrogen and oxygen atoms in total. The number of amides is 1. The minimum atomic E-state index is -0.745. The number of nitrogens with one attached hydrogen (secondary N) is 3. The lowest BCUT2D eigenvalue weighted by Crippen LogP contribution is -2.29. The molecule has 1 unspecified atom stereocenters. The Morgan fingerprint density at radius 3 is 2.69 bits per heavy atom. The van der Waals surface area contributed by atoms with E-state index in [1.165, 1.54) is 17.1 Å². The van der Waals surface area contributed by atoms with Gasteiger partial charge in [-0.1, -0.05) is 65.7 Å². The number of aromatic hydroxyl groups is 1. The topological polar surface area (TPSA) is 178 Å². The summed E-state index contributed by atoms with van der Waals surface area (Å²) in [7, 11) is 0. The number of fused-ring (bicyclic) bond motifs is 1. The van der Waals surface area contributed by atoms with Gasteiger partial charge in [0.2, 0.25) is 5.91 Å². The van der Waals surface area contributed by atoms with Crippen LogP contribution in [0.1, 0.15) is 28.6 Å². The van der Waals surface area contributed by atoms with Gasteiger partial charge in [0.25, 0.3) is 5.56 Å². The van der Waals surface area contributed by atoms with Gasteiger partial charge >= 0.3 is 0 Å². The van der Waals surface area contributed by atoms with E-state index in [-0.39, 0.29) is 21.7 Å². The molecule has 0 saturated heterocycles. The molecule has 45 heavy (non-hydrogen) atoms. The summed E-state index contributed by atoms with van der Waals surface area (Å²) in [4.78, 5) is 36.2. The maximum Gasteiger partial charge on any atom is 0.270 e. The summed E-state index contributed by atoms with van der Waals surface area (Å²) < 4.78 is 1.46. The summed E-state index contributed by atoms with van der Waals surface area (Å²) in [6.07, 6.45) is 4.78. The second-order valence-corrected chi connectivity index (χ2v) is 10.7. The van der Waals surface area contributed by atoms with E-state index in [4.69, 9.17) is 28.2 Å². The molecule has 14 heteroatoms. The van der Waals surface area contributed by atoms with Crippen molar-refractivity contribution < 1.29 is 9.90 Å². The Morgan fingerprint density at radius 2 is 1.93 bits per heavy atom. The Labute approximate surface area is 264 Å². The summed E-state index contributed by atoms with van der Waals surface area (Å²) in [5, 5.41) is 35.0. The highest BCUT2D eigenvalue weighted by molar-refractivity contribution is 6.32. The van der Waals surface area contributed by atoms with Crippen molar-refractivity contribution in [3.63, 3.8) is 0 Å². The van der Waals surface area contributed by atoms with Crippen molar-refractivity contribution in [1.29, 1.82) is 5.26 Å². The second-order valence-electron chi connectivity index (χ2n) is 9.84. The van der Waals surface area contributed by atoms with Crippen molar-refractivity contribution in [1.82, 2.24) is 40.5 Å². The number of H-pyrrole nitrogens is 2. The quantitative estimate of drug-likeness (QED) is 0.170. The van der Waals surface area contributed by atoms with E-state index in [1.54, 1.807) is 48.5 Å². The summed E-state index contributed by atoms with van der Waals surface area (Å²) in [5.41, 5.74) is 1.98. The van der Waals surface area contributed by atoms with Gasteiger partial charge in [0.15, 0.2) is 5.56 Å². The number of carbonyl (C=O) groups excluding carboxylic acids is 1. The minimum absolute atomic E-state index is 0.148. The average Bonchev–Trinajstić information content (AvgIpc) is 3.71. The van der Waals surface area contributed by atoms with E-state index in [1.807, 2.05) is 30.3 Å². The molecule has 0 fully saturated rings. The maximum absolute atomic E-state index is 13.3. The number of aromatic nitrogens is 7. The molecule has 0 bridgehead atoms. The van der Waals surface area contributed by atoms with Crippen molar-refractivity contribution in [2.75, 3.05) is 0 Å². The van der Waals surface area contributed by atoms with E-state index in [2.05, 4.69) is 30.8 Å². The van der Waals surface area contributed by atoms with Gasteiger partial charge in [-0.15, -0.1) is 5.10 Å². The normalized spacial score (nSPS) is 11.9. The van der Waals surface area contributed by atoms with Crippen LogP contribution in [0.5, 0.6) is 5.75 Å². The smallest absolute Gasteiger partial charge is 0.270 e. The van der Waals surface area contributed by atoms with Gasteiger partial charge in [0, 0.05) is 27.6 Å². The number of hydrogen-bond acceptors (Lipinski definition) is 8. The number of aromatic amines is 2. The Kier molecular flexibility index (Phi) is 8.11. The lowest BCUT2D eigenvalue weighted by Gasteiger charge is -2.16. The average molecular weight is 638 g/mol. The van der Waals surface area contributed by atoms with E-state index in [0.717, 1.165) is 5.56 Å². The van der Waals surface area contributed by atoms with Crippen molar-refractivity contribution >= 4 is 46.1 Å². The van der Waals surface area contributed by atoms with Crippen LogP contribution in [0.3, 0.4) is 0 Å². The minimum Gasteiger partial charge on any atom is -0.506 e. The van der Waals surface area contributed by atoms with Gasteiger partial charge < -0.3 is 20.4 Å². The van der Waals surface area contributed by atoms with Crippen molar-refractivity contribution in [2.24, 2.45) is 0 Å². The van der Waals surface area contributed by atoms with Crippen molar-refractivity contribution in [2.45, 2.75) is 12.5 Å². The molecule has 222 valence electrons. The molecule has 3 aromatic carbocycles. The van der Waals surface area contributed by atoms with E-state index in [0.29, 0.717) is 34.1 Å². The zero-order valence-corrected chi connectivity index (χ0v) is 24.6.